The molecule has 0 unspecified atom stereocenters. The molecule has 3 nitrogen and oxygen atoms in total. The number of hydrogen-bond donors (Lipinski definition) is 0. The van der Waals surface area contributed by atoms with Crippen LogP contribution in [0.4, 0.5) is 0 Å². The number of ether oxygens (including phenoxy) is 1. The first kappa shape index (κ1) is 16.5. The Labute approximate surface area is 129 Å². The van der Waals surface area contributed by atoms with Crippen LogP contribution in [0.1, 0.15) is 18.0 Å². The van der Waals surface area contributed by atoms with Gasteiger partial charge in [-0.25, -0.2) is 0 Å². The summed E-state index contributed by atoms with van der Waals surface area (Å²) in [5, 5.41) is 0. The van der Waals surface area contributed by atoms with Crippen LogP contribution in [-0.4, -0.2) is 29.7 Å². The second kappa shape index (κ2) is 5.70. The molecule has 3 atom stereocenters. The van der Waals surface area contributed by atoms with Gasteiger partial charge in [0.2, 0.25) is 0 Å². The van der Waals surface area contributed by atoms with E-state index < -0.39 is 16.6 Å². The van der Waals surface area contributed by atoms with E-state index in [1.54, 1.807) is 0 Å². The lowest BCUT2D eigenvalue weighted by atomic mass is 9.95. The summed E-state index contributed by atoms with van der Waals surface area (Å²) in [6.45, 7) is 11.1. The Kier molecular flexibility index (Phi) is 4.47. The van der Waals surface area contributed by atoms with Crippen molar-refractivity contribution in [3.8, 4) is 0 Å². The first-order valence-electron chi connectivity index (χ1n) is 7.53. The monoisotopic (exact) mass is 322 g/mol. The van der Waals surface area contributed by atoms with Gasteiger partial charge in [0.15, 0.2) is 16.6 Å². The van der Waals surface area contributed by atoms with E-state index in [0.717, 1.165) is 0 Å². The first-order valence-corrected chi connectivity index (χ1v) is 13.5. The summed E-state index contributed by atoms with van der Waals surface area (Å²) in [6, 6.07) is 10.3. The molecule has 1 aromatic carbocycles. The molecule has 0 bridgehead atoms. The summed E-state index contributed by atoms with van der Waals surface area (Å²) in [5.74, 6) is -0.171. The fourth-order valence-corrected chi connectivity index (χ4v) is 14.1. The third-order valence-corrected chi connectivity index (χ3v) is 13.9. The molecule has 2 rings (SSSR count). The second-order valence-corrected chi connectivity index (χ2v) is 15.8. The molecule has 0 aromatic heterocycles. The van der Waals surface area contributed by atoms with Gasteiger partial charge in [-0.05, 0) is 37.3 Å². The van der Waals surface area contributed by atoms with Crippen molar-refractivity contribution >= 4 is 22.6 Å². The molecule has 0 saturated carbocycles. The zero-order valence-electron chi connectivity index (χ0n) is 13.8. The SMILES string of the molecule is COC(=O)[C@@H]1[C@H](C)[Si](C)(C)O[Si](C)(C)[C@H]1c1ccccc1. The number of rotatable bonds is 2. The van der Waals surface area contributed by atoms with Crippen LogP contribution >= 0.6 is 0 Å². The highest BCUT2D eigenvalue weighted by Crippen LogP contribution is 2.50. The van der Waals surface area contributed by atoms with Gasteiger partial charge in [0.25, 0.3) is 0 Å². The van der Waals surface area contributed by atoms with E-state index in [9.17, 15) is 4.79 Å². The van der Waals surface area contributed by atoms with Crippen LogP contribution in [0.3, 0.4) is 0 Å². The van der Waals surface area contributed by atoms with Crippen molar-refractivity contribution < 1.29 is 13.6 Å². The summed E-state index contributed by atoms with van der Waals surface area (Å²) in [5.41, 5.74) is 1.61. The lowest BCUT2D eigenvalue weighted by Crippen LogP contribution is -2.61. The molecule has 0 amide bonds. The van der Waals surface area contributed by atoms with Crippen LogP contribution in [0.2, 0.25) is 31.7 Å². The highest BCUT2D eigenvalue weighted by atomic mass is 28.4. The molecular weight excluding hydrogens is 296 g/mol. The van der Waals surface area contributed by atoms with Crippen LogP contribution < -0.4 is 0 Å². The predicted molar refractivity (Wildman–Crippen MR) is 90.2 cm³/mol. The third-order valence-electron chi connectivity index (χ3n) is 4.90. The fraction of sp³-hybridized carbons (Fsp3) is 0.562. The molecule has 1 heterocycles. The smallest absolute Gasteiger partial charge is 0.309 e. The maximum absolute atomic E-state index is 12.5. The summed E-state index contributed by atoms with van der Waals surface area (Å²) in [4.78, 5) is 12.5. The lowest BCUT2D eigenvalue weighted by molar-refractivity contribution is -0.146. The lowest BCUT2D eigenvalue weighted by Gasteiger charge is -2.52. The molecule has 0 N–H and O–H groups in total. The zero-order chi connectivity index (χ0) is 15.8. The van der Waals surface area contributed by atoms with Crippen LogP contribution in [-0.2, 0) is 13.6 Å². The molecule has 1 aromatic rings. The molecule has 1 fully saturated rings. The Morgan fingerprint density at radius 1 is 1.10 bits per heavy atom. The Balaban J connectivity index is 2.54. The van der Waals surface area contributed by atoms with E-state index in [4.69, 9.17) is 8.85 Å². The van der Waals surface area contributed by atoms with Crippen molar-refractivity contribution in [1.29, 1.82) is 0 Å². The van der Waals surface area contributed by atoms with Gasteiger partial charge in [-0.2, -0.15) is 0 Å². The van der Waals surface area contributed by atoms with Crippen LogP contribution in [0, 0.1) is 5.92 Å². The van der Waals surface area contributed by atoms with Gasteiger partial charge in [-0.3, -0.25) is 4.79 Å². The number of benzene rings is 1. The summed E-state index contributed by atoms with van der Waals surface area (Å²) >= 11 is 0. The van der Waals surface area contributed by atoms with Crippen molar-refractivity contribution in [2.45, 2.75) is 44.2 Å². The minimum Gasteiger partial charge on any atom is -0.469 e. The van der Waals surface area contributed by atoms with Gasteiger partial charge >= 0.3 is 5.97 Å². The van der Waals surface area contributed by atoms with Gasteiger partial charge in [-0.15, -0.1) is 0 Å². The van der Waals surface area contributed by atoms with Gasteiger partial charge in [0, 0.05) is 5.54 Å². The van der Waals surface area contributed by atoms with E-state index in [1.807, 2.05) is 18.2 Å². The number of esters is 1. The second-order valence-electron chi connectivity index (χ2n) is 7.03. The molecule has 1 saturated heterocycles. The zero-order valence-corrected chi connectivity index (χ0v) is 15.8. The number of carbonyl (C=O) groups excluding carboxylic acids is 1. The molecule has 1 aliphatic rings. The first-order chi connectivity index (χ1) is 9.70. The van der Waals surface area contributed by atoms with Crippen molar-refractivity contribution in [2.24, 2.45) is 5.92 Å². The normalized spacial score (nSPS) is 30.7. The minimum atomic E-state index is -2.02. The van der Waals surface area contributed by atoms with Crippen molar-refractivity contribution in [3.63, 3.8) is 0 Å². The molecule has 0 aliphatic carbocycles. The molecule has 5 heteroatoms. The van der Waals surface area contributed by atoms with E-state index in [1.165, 1.54) is 12.7 Å². The summed E-state index contributed by atoms with van der Waals surface area (Å²) < 4.78 is 11.8. The van der Waals surface area contributed by atoms with Crippen LogP contribution in [0.5, 0.6) is 0 Å². The average Bonchev–Trinajstić information content (AvgIpc) is 2.41. The quantitative estimate of drug-likeness (QED) is 0.611. The summed E-state index contributed by atoms with van der Waals surface area (Å²) in [6.07, 6.45) is 0. The molecule has 116 valence electrons. The van der Waals surface area contributed by atoms with Gasteiger partial charge in [-0.1, -0.05) is 37.3 Å². The molecule has 1 aliphatic heterocycles. The molecular formula is C16H26O3Si2. The molecule has 0 spiro atoms. The Morgan fingerprint density at radius 2 is 1.67 bits per heavy atom. The van der Waals surface area contributed by atoms with Gasteiger partial charge < -0.3 is 8.85 Å². The van der Waals surface area contributed by atoms with Crippen LogP contribution in [0.15, 0.2) is 30.3 Å². The highest BCUT2D eigenvalue weighted by Gasteiger charge is 2.57. The van der Waals surface area contributed by atoms with E-state index in [2.05, 4.69) is 45.2 Å². The van der Waals surface area contributed by atoms with Gasteiger partial charge in [0.05, 0.1) is 13.0 Å². The summed E-state index contributed by atoms with van der Waals surface area (Å²) in [7, 11) is -2.41. The average molecular weight is 323 g/mol. The maximum atomic E-state index is 12.5. The molecule has 21 heavy (non-hydrogen) atoms. The Hall–Kier alpha value is -0.916. The van der Waals surface area contributed by atoms with E-state index in [0.29, 0.717) is 0 Å². The predicted octanol–water partition coefficient (Wildman–Crippen LogP) is 3.93. The van der Waals surface area contributed by atoms with Crippen molar-refractivity contribution in [3.05, 3.63) is 35.9 Å². The standard InChI is InChI=1S/C16H26O3Si2/c1-12-14(16(17)18-2)15(13-10-8-7-9-11-13)21(5,6)19-20(12,3)4/h7-12,14-15H,1-6H3/t12-,14+,15-/m0/s1. The third kappa shape index (κ3) is 3.00. The van der Waals surface area contributed by atoms with E-state index in [-0.39, 0.29) is 23.0 Å². The van der Waals surface area contributed by atoms with Gasteiger partial charge in [0.1, 0.15) is 0 Å². The highest BCUT2D eigenvalue weighted by molar-refractivity contribution is 6.88. The van der Waals surface area contributed by atoms with Crippen LogP contribution in [0.25, 0.3) is 0 Å². The maximum Gasteiger partial charge on any atom is 0.309 e. The Bertz CT molecular complexity index is 514. The Morgan fingerprint density at radius 3 is 2.19 bits per heavy atom. The number of hydrogen-bond acceptors (Lipinski definition) is 3. The molecule has 0 radical (unpaired) electrons. The largest absolute Gasteiger partial charge is 0.469 e. The fourth-order valence-electron chi connectivity index (χ4n) is 3.73. The topological polar surface area (TPSA) is 35.5 Å². The van der Waals surface area contributed by atoms with Crippen molar-refractivity contribution in [2.75, 3.05) is 7.11 Å². The van der Waals surface area contributed by atoms with E-state index >= 15 is 0 Å². The number of carbonyl (C=O) groups is 1. The minimum absolute atomic E-state index is 0.0826. The number of methoxy groups -OCH3 is 1. The van der Waals surface area contributed by atoms with Crippen molar-refractivity contribution in [1.82, 2.24) is 0 Å².